The highest BCUT2D eigenvalue weighted by molar-refractivity contribution is 9.10. The van der Waals surface area contributed by atoms with Crippen LogP contribution in [0.3, 0.4) is 0 Å². The molecule has 1 saturated heterocycles. The summed E-state index contributed by atoms with van der Waals surface area (Å²) in [5, 5.41) is 8.01. The summed E-state index contributed by atoms with van der Waals surface area (Å²) in [5.74, 6) is 0.247. The van der Waals surface area contributed by atoms with Gasteiger partial charge in [-0.15, -0.1) is 10.2 Å². The van der Waals surface area contributed by atoms with Crippen molar-refractivity contribution in [2.75, 3.05) is 4.90 Å². The number of carbonyl (C=O) groups excluding carboxylic acids is 2. The van der Waals surface area contributed by atoms with Crippen molar-refractivity contribution in [3.63, 3.8) is 0 Å². The summed E-state index contributed by atoms with van der Waals surface area (Å²) in [6.07, 6.45) is 0. The van der Waals surface area contributed by atoms with Crippen molar-refractivity contribution >= 4 is 33.6 Å². The fourth-order valence-electron chi connectivity index (χ4n) is 3.07. The molecule has 1 unspecified atom stereocenters. The summed E-state index contributed by atoms with van der Waals surface area (Å²) in [6, 6.07) is 13.9. The second kappa shape index (κ2) is 7.20. The molecule has 1 fully saturated rings. The molecule has 2 heterocycles. The summed E-state index contributed by atoms with van der Waals surface area (Å²) in [6.45, 7) is 3.62. The molecule has 1 aliphatic heterocycles. The van der Waals surface area contributed by atoms with Crippen LogP contribution in [0.15, 0.2) is 57.4 Å². The predicted octanol–water partition coefficient (Wildman–Crippen LogP) is 4.16. The molecule has 3 aromatic rings. The maximum Gasteiger partial charge on any atom is 0.332 e. The highest BCUT2D eigenvalue weighted by Gasteiger charge is 2.43. The van der Waals surface area contributed by atoms with Crippen molar-refractivity contribution in [1.82, 2.24) is 15.1 Å². The Kier molecular flexibility index (Phi) is 4.72. The van der Waals surface area contributed by atoms with E-state index in [1.54, 1.807) is 6.92 Å². The van der Waals surface area contributed by atoms with Crippen LogP contribution >= 0.6 is 15.9 Å². The lowest BCUT2D eigenvalue weighted by Gasteiger charge is -2.19. The first-order valence-electron chi connectivity index (χ1n) is 8.73. The number of carbonyl (C=O) groups is 2. The van der Waals surface area contributed by atoms with Gasteiger partial charge in [0.15, 0.2) is 0 Å². The molecule has 2 aromatic carbocycles. The molecule has 0 radical (unpaired) electrons. The van der Waals surface area contributed by atoms with Crippen LogP contribution in [0.25, 0.3) is 11.5 Å². The lowest BCUT2D eigenvalue weighted by molar-refractivity contribution is -0.127. The number of aromatic nitrogens is 2. The number of urea groups is 1. The Balaban J connectivity index is 1.55. The van der Waals surface area contributed by atoms with E-state index in [1.807, 2.05) is 55.5 Å². The molecule has 4 rings (SSSR count). The van der Waals surface area contributed by atoms with Gasteiger partial charge in [-0.1, -0.05) is 33.6 Å². The minimum Gasteiger partial charge on any atom is -0.419 e. The molecule has 1 aliphatic rings. The van der Waals surface area contributed by atoms with Crippen LogP contribution in [0.4, 0.5) is 10.5 Å². The van der Waals surface area contributed by atoms with Gasteiger partial charge in [-0.25, -0.2) is 4.79 Å². The van der Waals surface area contributed by atoms with E-state index in [0.29, 0.717) is 11.6 Å². The quantitative estimate of drug-likeness (QED) is 0.568. The topological polar surface area (TPSA) is 79.5 Å². The third-order valence-electron chi connectivity index (χ3n) is 4.61. The van der Waals surface area contributed by atoms with Gasteiger partial charge >= 0.3 is 6.03 Å². The zero-order valence-corrected chi connectivity index (χ0v) is 16.9. The zero-order chi connectivity index (χ0) is 19.8. The van der Waals surface area contributed by atoms with Gasteiger partial charge in [0.1, 0.15) is 12.6 Å². The number of aryl methyl sites for hydroxylation is 1. The number of hydrogen-bond acceptors (Lipinski definition) is 5. The summed E-state index contributed by atoms with van der Waals surface area (Å²) in [7, 11) is 0. The van der Waals surface area contributed by atoms with E-state index in [0.717, 1.165) is 20.5 Å². The monoisotopic (exact) mass is 440 g/mol. The average molecular weight is 441 g/mol. The molecule has 3 amide bonds. The molecule has 0 aliphatic carbocycles. The van der Waals surface area contributed by atoms with E-state index in [4.69, 9.17) is 4.42 Å². The minimum absolute atomic E-state index is 0.0616. The molecule has 1 aromatic heterocycles. The molecule has 28 heavy (non-hydrogen) atoms. The van der Waals surface area contributed by atoms with E-state index >= 15 is 0 Å². The fourth-order valence-corrected chi connectivity index (χ4v) is 3.34. The zero-order valence-electron chi connectivity index (χ0n) is 15.3. The number of imide groups is 1. The first-order valence-corrected chi connectivity index (χ1v) is 9.53. The summed E-state index contributed by atoms with van der Waals surface area (Å²) < 4.78 is 6.60. The Morgan fingerprint density at radius 2 is 1.71 bits per heavy atom. The molecule has 7 nitrogen and oxygen atoms in total. The van der Waals surface area contributed by atoms with Crippen LogP contribution in [0.1, 0.15) is 18.4 Å². The van der Waals surface area contributed by atoms with Gasteiger partial charge in [0.25, 0.3) is 5.91 Å². The Bertz CT molecular complexity index is 1030. The second-order valence-electron chi connectivity index (χ2n) is 6.60. The second-order valence-corrected chi connectivity index (χ2v) is 7.51. The van der Waals surface area contributed by atoms with Gasteiger partial charge in [0.2, 0.25) is 11.8 Å². The molecule has 0 saturated carbocycles. The molecule has 0 bridgehead atoms. The fraction of sp³-hybridized carbons (Fsp3) is 0.200. The van der Waals surface area contributed by atoms with E-state index in [1.165, 1.54) is 4.90 Å². The van der Waals surface area contributed by atoms with Crippen LogP contribution in [-0.4, -0.2) is 33.1 Å². The Morgan fingerprint density at radius 1 is 1.04 bits per heavy atom. The van der Waals surface area contributed by atoms with Gasteiger partial charge in [0.05, 0.1) is 0 Å². The number of amides is 3. The third kappa shape index (κ3) is 3.31. The van der Waals surface area contributed by atoms with Crippen LogP contribution in [-0.2, 0) is 11.3 Å². The lowest BCUT2D eigenvalue weighted by atomic mass is 10.2. The smallest absolute Gasteiger partial charge is 0.332 e. The standard InChI is InChI=1S/C20H17BrN4O3/c1-12-3-9-16(10-4-12)25-13(2)19(26)24(20(25)27)11-17-22-23-18(28-17)14-5-7-15(21)8-6-14/h3-10,13H,11H2,1-2H3. The summed E-state index contributed by atoms with van der Waals surface area (Å²) >= 11 is 3.38. The van der Waals surface area contributed by atoms with Crippen molar-refractivity contribution in [1.29, 1.82) is 0 Å². The lowest BCUT2D eigenvalue weighted by Crippen LogP contribution is -2.33. The molecular formula is C20H17BrN4O3. The molecule has 0 N–H and O–H groups in total. The Labute approximate surface area is 170 Å². The van der Waals surface area contributed by atoms with Gasteiger partial charge in [-0.3, -0.25) is 14.6 Å². The highest BCUT2D eigenvalue weighted by Crippen LogP contribution is 2.28. The first kappa shape index (κ1) is 18.4. The van der Waals surface area contributed by atoms with Crippen molar-refractivity contribution in [3.05, 3.63) is 64.5 Å². The van der Waals surface area contributed by atoms with Crippen LogP contribution < -0.4 is 4.90 Å². The molecule has 8 heteroatoms. The van der Waals surface area contributed by atoms with Crippen LogP contribution in [0, 0.1) is 6.92 Å². The van der Waals surface area contributed by atoms with Crippen molar-refractivity contribution in [2.24, 2.45) is 0 Å². The van der Waals surface area contributed by atoms with Gasteiger partial charge < -0.3 is 4.42 Å². The predicted molar refractivity (Wildman–Crippen MR) is 106 cm³/mol. The number of rotatable bonds is 4. The van der Waals surface area contributed by atoms with E-state index in [9.17, 15) is 9.59 Å². The van der Waals surface area contributed by atoms with Gasteiger partial charge in [0, 0.05) is 15.7 Å². The van der Waals surface area contributed by atoms with Crippen LogP contribution in [0.2, 0.25) is 0 Å². The van der Waals surface area contributed by atoms with Gasteiger partial charge in [-0.2, -0.15) is 0 Å². The maximum atomic E-state index is 12.9. The van der Waals surface area contributed by atoms with Crippen molar-refractivity contribution < 1.29 is 14.0 Å². The summed E-state index contributed by atoms with van der Waals surface area (Å²) in [5.41, 5.74) is 2.52. The average Bonchev–Trinajstić information content (AvgIpc) is 3.23. The number of hydrogen-bond donors (Lipinski definition) is 0. The Hall–Kier alpha value is -3.00. The molecule has 1 atom stereocenters. The normalized spacial score (nSPS) is 16.9. The van der Waals surface area contributed by atoms with Crippen molar-refractivity contribution in [3.8, 4) is 11.5 Å². The third-order valence-corrected chi connectivity index (χ3v) is 5.14. The SMILES string of the molecule is Cc1ccc(N2C(=O)N(Cc3nnc(-c4ccc(Br)cc4)o3)C(=O)C2C)cc1. The largest absolute Gasteiger partial charge is 0.419 e. The Morgan fingerprint density at radius 3 is 2.39 bits per heavy atom. The molecule has 0 spiro atoms. The van der Waals surface area contributed by atoms with E-state index < -0.39 is 12.1 Å². The van der Waals surface area contributed by atoms with Crippen LogP contribution in [0.5, 0.6) is 0 Å². The molecule has 142 valence electrons. The summed E-state index contributed by atoms with van der Waals surface area (Å²) in [4.78, 5) is 28.1. The number of halogens is 1. The van der Waals surface area contributed by atoms with E-state index in [-0.39, 0.29) is 18.3 Å². The maximum absolute atomic E-state index is 12.9. The van der Waals surface area contributed by atoms with Gasteiger partial charge in [-0.05, 0) is 50.2 Å². The molecular weight excluding hydrogens is 424 g/mol. The number of benzene rings is 2. The van der Waals surface area contributed by atoms with Crippen molar-refractivity contribution in [2.45, 2.75) is 26.4 Å². The highest BCUT2D eigenvalue weighted by atomic mass is 79.9. The van der Waals surface area contributed by atoms with E-state index in [2.05, 4.69) is 26.1 Å². The number of nitrogens with zero attached hydrogens (tertiary/aromatic N) is 4. The first-order chi connectivity index (χ1) is 13.4. The minimum atomic E-state index is -0.593. The number of anilines is 1.